The van der Waals surface area contributed by atoms with Crippen LogP contribution in [0.15, 0.2) is 60.9 Å². The second-order valence-corrected chi connectivity index (χ2v) is 7.26. The lowest BCUT2D eigenvalue weighted by Crippen LogP contribution is -2.05. The molecule has 5 rings (SSSR count). The maximum Gasteiger partial charge on any atom is 0.336 e. The van der Waals surface area contributed by atoms with Gasteiger partial charge < -0.3 is 13.6 Å². The van der Waals surface area contributed by atoms with E-state index in [0.717, 1.165) is 41.2 Å². The van der Waals surface area contributed by atoms with Crippen molar-refractivity contribution in [3.05, 3.63) is 85.6 Å². The first kappa shape index (κ1) is 16.8. The summed E-state index contributed by atoms with van der Waals surface area (Å²) in [6.07, 6.45) is 3.20. The van der Waals surface area contributed by atoms with Crippen molar-refractivity contribution in [2.45, 2.75) is 32.8 Å². The largest absolute Gasteiger partial charge is 0.489 e. The fourth-order valence-corrected chi connectivity index (χ4v) is 3.97. The van der Waals surface area contributed by atoms with Gasteiger partial charge in [-0.1, -0.05) is 0 Å². The molecule has 0 saturated heterocycles. The van der Waals surface area contributed by atoms with Gasteiger partial charge in [0.15, 0.2) is 0 Å². The Morgan fingerprint density at radius 2 is 1.57 bits per heavy atom. The first-order chi connectivity index (χ1) is 13.6. The van der Waals surface area contributed by atoms with Gasteiger partial charge >= 0.3 is 11.3 Å². The van der Waals surface area contributed by atoms with E-state index >= 15 is 0 Å². The highest BCUT2D eigenvalue weighted by Gasteiger charge is 2.15. The Kier molecular flexibility index (Phi) is 3.83. The molecule has 0 N–H and O–H groups in total. The molecule has 2 aromatic carbocycles. The summed E-state index contributed by atoms with van der Waals surface area (Å²) < 4.78 is 16.6. The summed E-state index contributed by atoms with van der Waals surface area (Å²) in [7, 11) is 0. The standard InChI is InChI=1S/C23H18O5/c1-13-7-22(24)28-21-11-17(5-6-18(13)21)26-12-16-10-23(25)27-20-9-15-4-2-3-14(15)8-19(16)20/h5-11H,2-4,12H2,1H3. The molecule has 4 aromatic rings. The molecule has 0 radical (unpaired) electrons. The van der Waals surface area contributed by atoms with Crippen molar-refractivity contribution in [1.82, 2.24) is 0 Å². The van der Waals surface area contributed by atoms with E-state index in [4.69, 9.17) is 13.6 Å². The molecule has 2 aromatic heterocycles. The summed E-state index contributed by atoms with van der Waals surface area (Å²) in [4.78, 5) is 23.6. The highest BCUT2D eigenvalue weighted by molar-refractivity contribution is 5.83. The van der Waals surface area contributed by atoms with Gasteiger partial charge in [0, 0.05) is 34.5 Å². The zero-order chi connectivity index (χ0) is 19.3. The van der Waals surface area contributed by atoms with Crippen LogP contribution in [0.3, 0.4) is 0 Å². The lowest BCUT2D eigenvalue weighted by Gasteiger charge is -2.10. The number of ether oxygens (including phenoxy) is 1. The van der Waals surface area contributed by atoms with Gasteiger partial charge in [0.05, 0.1) is 0 Å². The van der Waals surface area contributed by atoms with Crippen LogP contribution in [0.2, 0.25) is 0 Å². The molecule has 0 spiro atoms. The maximum atomic E-state index is 12.0. The van der Waals surface area contributed by atoms with Crippen molar-refractivity contribution in [2.24, 2.45) is 0 Å². The number of hydrogen-bond donors (Lipinski definition) is 0. The summed E-state index contributed by atoms with van der Waals surface area (Å²) >= 11 is 0. The van der Waals surface area contributed by atoms with Crippen LogP contribution in [0.1, 0.15) is 28.7 Å². The van der Waals surface area contributed by atoms with Crippen LogP contribution in [-0.4, -0.2) is 0 Å². The Morgan fingerprint density at radius 1 is 0.857 bits per heavy atom. The van der Waals surface area contributed by atoms with Gasteiger partial charge in [-0.3, -0.25) is 0 Å². The Balaban J connectivity index is 1.51. The van der Waals surface area contributed by atoms with E-state index in [2.05, 4.69) is 6.07 Å². The van der Waals surface area contributed by atoms with Gasteiger partial charge in [-0.2, -0.15) is 0 Å². The molecule has 5 heteroatoms. The zero-order valence-corrected chi connectivity index (χ0v) is 15.4. The molecule has 0 fully saturated rings. The Morgan fingerprint density at radius 3 is 2.39 bits per heavy atom. The second kappa shape index (κ2) is 6.37. The molecule has 140 valence electrons. The highest BCUT2D eigenvalue weighted by atomic mass is 16.5. The quantitative estimate of drug-likeness (QED) is 0.501. The molecule has 1 aliphatic carbocycles. The average Bonchev–Trinajstić information content (AvgIpc) is 3.11. The van der Waals surface area contributed by atoms with Crippen LogP contribution in [0.25, 0.3) is 21.9 Å². The summed E-state index contributed by atoms with van der Waals surface area (Å²) in [6, 6.07) is 12.5. The van der Waals surface area contributed by atoms with Crippen LogP contribution in [0.5, 0.6) is 5.75 Å². The predicted octanol–water partition coefficient (Wildman–Crippen LogP) is 4.28. The number of fused-ring (bicyclic) bond motifs is 3. The van der Waals surface area contributed by atoms with Crippen molar-refractivity contribution >= 4 is 21.9 Å². The molecule has 0 unspecified atom stereocenters. The first-order valence-corrected chi connectivity index (χ1v) is 9.33. The molecular formula is C23H18O5. The minimum Gasteiger partial charge on any atom is -0.489 e. The van der Waals surface area contributed by atoms with Gasteiger partial charge in [-0.05, 0) is 67.1 Å². The van der Waals surface area contributed by atoms with Crippen LogP contribution >= 0.6 is 0 Å². The third kappa shape index (κ3) is 2.89. The first-order valence-electron chi connectivity index (χ1n) is 9.33. The van der Waals surface area contributed by atoms with Crippen LogP contribution in [-0.2, 0) is 19.4 Å². The van der Waals surface area contributed by atoms with Crippen LogP contribution in [0, 0.1) is 6.92 Å². The van der Waals surface area contributed by atoms with Gasteiger partial charge in [0.25, 0.3) is 0 Å². The summed E-state index contributed by atoms with van der Waals surface area (Å²) in [5.41, 5.74) is 4.53. The lowest BCUT2D eigenvalue weighted by atomic mass is 10.0. The monoisotopic (exact) mass is 374 g/mol. The second-order valence-electron chi connectivity index (χ2n) is 7.26. The van der Waals surface area contributed by atoms with Gasteiger partial charge in [-0.15, -0.1) is 0 Å². The molecule has 1 aliphatic rings. The van der Waals surface area contributed by atoms with E-state index in [1.807, 2.05) is 25.1 Å². The minimum absolute atomic E-state index is 0.225. The van der Waals surface area contributed by atoms with E-state index in [0.29, 0.717) is 16.9 Å². The summed E-state index contributed by atoms with van der Waals surface area (Å²) in [5, 5.41) is 1.77. The van der Waals surface area contributed by atoms with Gasteiger partial charge in [0.1, 0.15) is 23.5 Å². The van der Waals surface area contributed by atoms with Crippen molar-refractivity contribution in [1.29, 1.82) is 0 Å². The molecular weight excluding hydrogens is 356 g/mol. The third-order valence-electron chi connectivity index (χ3n) is 5.36. The molecule has 0 bridgehead atoms. The van der Waals surface area contributed by atoms with Crippen LogP contribution in [0.4, 0.5) is 0 Å². The third-order valence-corrected chi connectivity index (χ3v) is 5.36. The average molecular weight is 374 g/mol. The number of rotatable bonds is 3. The zero-order valence-electron chi connectivity index (χ0n) is 15.4. The van der Waals surface area contributed by atoms with E-state index in [-0.39, 0.29) is 17.9 Å². The predicted molar refractivity (Wildman–Crippen MR) is 106 cm³/mol. The van der Waals surface area contributed by atoms with Crippen molar-refractivity contribution in [3.8, 4) is 5.75 Å². The molecule has 0 aliphatic heterocycles. The number of hydrogen-bond acceptors (Lipinski definition) is 5. The van der Waals surface area contributed by atoms with Gasteiger partial charge in [0.2, 0.25) is 0 Å². The SMILES string of the molecule is Cc1cc(=O)oc2cc(OCc3cc(=O)oc4cc5c(cc34)CCC5)ccc12. The van der Waals surface area contributed by atoms with Crippen molar-refractivity contribution in [2.75, 3.05) is 0 Å². The maximum absolute atomic E-state index is 12.0. The highest BCUT2D eigenvalue weighted by Crippen LogP contribution is 2.29. The van der Waals surface area contributed by atoms with E-state index in [1.54, 1.807) is 6.07 Å². The lowest BCUT2D eigenvalue weighted by molar-refractivity contribution is 0.306. The topological polar surface area (TPSA) is 69.7 Å². The van der Waals surface area contributed by atoms with Crippen molar-refractivity contribution < 1.29 is 13.6 Å². The Hall–Kier alpha value is -3.34. The fraction of sp³-hybridized carbons (Fsp3) is 0.217. The number of aryl methyl sites for hydroxylation is 3. The van der Waals surface area contributed by atoms with Gasteiger partial charge in [-0.25, -0.2) is 9.59 Å². The minimum atomic E-state index is -0.386. The van der Waals surface area contributed by atoms with Crippen molar-refractivity contribution in [3.63, 3.8) is 0 Å². The normalized spacial score (nSPS) is 13.2. The molecule has 0 atom stereocenters. The Bertz CT molecular complexity index is 1340. The van der Waals surface area contributed by atoms with E-state index in [9.17, 15) is 9.59 Å². The summed E-state index contributed by atoms with van der Waals surface area (Å²) in [6.45, 7) is 2.09. The van der Waals surface area contributed by atoms with Crippen LogP contribution < -0.4 is 16.0 Å². The fourth-order valence-electron chi connectivity index (χ4n) is 3.97. The molecule has 0 saturated carbocycles. The number of benzene rings is 2. The molecule has 0 amide bonds. The van der Waals surface area contributed by atoms with E-state index in [1.165, 1.54) is 23.3 Å². The molecule has 2 heterocycles. The molecule has 5 nitrogen and oxygen atoms in total. The van der Waals surface area contributed by atoms with E-state index < -0.39 is 0 Å². The molecule has 28 heavy (non-hydrogen) atoms. The smallest absolute Gasteiger partial charge is 0.336 e. The Labute approximate surface area is 160 Å². The summed E-state index contributed by atoms with van der Waals surface area (Å²) in [5.74, 6) is 0.573.